The smallest absolute Gasteiger partial charge is 0.333 e. The molecule has 17 heavy (non-hydrogen) atoms. The van der Waals surface area contributed by atoms with Gasteiger partial charge in [-0.1, -0.05) is 43.2 Å². The summed E-state index contributed by atoms with van der Waals surface area (Å²) in [5.41, 5.74) is 2.17. The summed E-state index contributed by atoms with van der Waals surface area (Å²) < 4.78 is 5.38. The Morgan fingerprint density at radius 3 is 2.53 bits per heavy atom. The average molecular weight is 236 g/mol. The fourth-order valence-electron chi connectivity index (χ4n) is 1.53. The molecule has 0 aliphatic rings. The van der Waals surface area contributed by atoms with Crippen molar-refractivity contribution in [3.63, 3.8) is 0 Å². The second-order valence-electron chi connectivity index (χ2n) is 4.24. The molecule has 0 heterocycles. The van der Waals surface area contributed by atoms with Crippen molar-refractivity contribution in [1.82, 2.24) is 0 Å². The maximum absolute atomic E-state index is 11.0. The number of hydrogen-bond acceptors (Lipinski definition) is 2. The minimum atomic E-state index is -0.887. The van der Waals surface area contributed by atoms with E-state index in [4.69, 9.17) is 9.84 Å². The zero-order valence-corrected chi connectivity index (χ0v) is 10.5. The molecule has 1 aromatic carbocycles. The molecule has 0 bridgehead atoms. The number of ether oxygens (including phenoxy) is 1. The Morgan fingerprint density at radius 1 is 1.35 bits per heavy atom. The highest BCUT2D eigenvalue weighted by molar-refractivity contribution is 5.72. The van der Waals surface area contributed by atoms with Gasteiger partial charge in [0.25, 0.3) is 0 Å². The topological polar surface area (TPSA) is 46.5 Å². The van der Waals surface area contributed by atoms with Crippen LogP contribution in [0.3, 0.4) is 0 Å². The summed E-state index contributed by atoms with van der Waals surface area (Å²) in [5.74, 6) is -0.887. The first-order valence-electron chi connectivity index (χ1n) is 6.03. The van der Waals surface area contributed by atoms with E-state index in [1.54, 1.807) is 0 Å². The molecule has 0 saturated carbocycles. The standard InChI is InChI=1S/C14H20O3/c1-3-4-9-17-13(14(15)16)10-12-7-5-11(2)6-8-12/h5-8,13H,3-4,9-10H2,1-2H3,(H,15,16)/t13-/m1/s1. The third-order valence-corrected chi connectivity index (χ3v) is 2.63. The Hall–Kier alpha value is -1.35. The molecule has 0 fully saturated rings. The minimum Gasteiger partial charge on any atom is -0.479 e. The molecule has 0 radical (unpaired) electrons. The van der Waals surface area contributed by atoms with Crippen LogP contribution in [0.1, 0.15) is 30.9 Å². The lowest BCUT2D eigenvalue weighted by Crippen LogP contribution is -2.26. The van der Waals surface area contributed by atoms with Crippen molar-refractivity contribution in [3.8, 4) is 0 Å². The number of aliphatic carboxylic acids is 1. The van der Waals surface area contributed by atoms with Gasteiger partial charge in [0.05, 0.1) is 0 Å². The average Bonchev–Trinajstić information content (AvgIpc) is 2.30. The van der Waals surface area contributed by atoms with Crippen molar-refractivity contribution in [2.45, 2.75) is 39.2 Å². The fourth-order valence-corrected chi connectivity index (χ4v) is 1.53. The van der Waals surface area contributed by atoms with Gasteiger partial charge in [0.2, 0.25) is 0 Å². The van der Waals surface area contributed by atoms with Crippen molar-refractivity contribution in [2.24, 2.45) is 0 Å². The van der Waals surface area contributed by atoms with Crippen molar-refractivity contribution in [3.05, 3.63) is 35.4 Å². The first kappa shape index (κ1) is 13.7. The number of rotatable bonds is 7. The second-order valence-corrected chi connectivity index (χ2v) is 4.24. The number of carbonyl (C=O) groups is 1. The van der Waals surface area contributed by atoms with Gasteiger partial charge in [-0.2, -0.15) is 0 Å². The molecular formula is C14H20O3. The van der Waals surface area contributed by atoms with Crippen molar-refractivity contribution in [2.75, 3.05) is 6.61 Å². The molecule has 0 aromatic heterocycles. The molecule has 0 amide bonds. The Morgan fingerprint density at radius 2 is 2.00 bits per heavy atom. The summed E-state index contributed by atoms with van der Waals surface area (Å²) in [7, 11) is 0. The third kappa shape index (κ3) is 5.00. The predicted octanol–water partition coefficient (Wildman–Crippen LogP) is 2.81. The van der Waals surface area contributed by atoms with Gasteiger partial charge < -0.3 is 9.84 Å². The highest BCUT2D eigenvalue weighted by Gasteiger charge is 2.18. The SMILES string of the molecule is CCCCO[C@H](Cc1ccc(C)cc1)C(=O)O. The van der Waals surface area contributed by atoms with Gasteiger partial charge in [0, 0.05) is 13.0 Å². The van der Waals surface area contributed by atoms with Crippen LogP contribution in [0.25, 0.3) is 0 Å². The van der Waals surface area contributed by atoms with E-state index in [0.29, 0.717) is 13.0 Å². The summed E-state index contributed by atoms with van der Waals surface area (Å²) >= 11 is 0. The molecule has 0 unspecified atom stereocenters. The largest absolute Gasteiger partial charge is 0.479 e. The third-order valence-electron chi connectivity index (χ3n) is 2.63. The lowest BCUT2D eigenvalue weighted by Gasteiger charge is -2.13. The van der Waals surface area contributed by atoms with E-state index in [1.165, 1.54) is 5.56 Å². The van der Waals surface area contributed by atoms with Gasteiger partial charge >= 0.3 is 5.97 Å². The summed E-state index contributed by atoms with van der Waals surface area (Å²) in [6.45, 7) is 4.58. The van der Waals surface area contributed by atoms with E-state index in [1.807, 2.05) is 31.2 Å². The number of carboxylic acids is 1. The summed E-state index contributed by atoms with van der Waals surface area (Å²) in [6.07, 6.45) is 1.61. The van der Waals surface area contributed by atoms with Gasteiger partial charge in [0.1, 0.15) is 0 Å². The van der Waals surface area contributed by atoms with Crippen LogP contribution in [0.4, 0.5) is 0 Å². The minimum absolute atomic E-state index is 0.430. The number of aryl methyl sites for hydroxylation is 1. The Labute approximate surface area is 102 Å². The van der Waals surface area contributed by atoms with Gasteiger partial charge in [-0.3, -0.25) is 0 Å². The van der Waals surface area contributed by atoms with Crippen LogP contribution in [0.2, 0.25) is 0 Å². The molecule has 1 aromatic rings. The van der Waals surface area contributed by atoms with Gasteiger partial charge in [-0.15, -0.1) is 0 Å². The van der Waals surface area contributed by atoms with Crippen LogP contribution in [-0.2, 0) is 16.0 Å². The maximum atomic E-state index is 11.0. The molecule has 1 atom stereocenters. The lowest BCUT2D eigenvalue weighted by atomic mass is 10.1. The summed E-state index contributed by atoms with van der Waals surface area (Å²) in [5, 5.41) is 9.06. The number of benzene rings is 1. The van der Waals surface area contributed by atoms with Crippen LogP contribution < -0.4 is 0 Å². The van der Waals surface area contributed by atoms with Gasteiger partial charge in [0.15, 0.2) is 6.10 Å². The van der Waals surface area contributed by atoms with Crippen molar-refractivity contribution >= 4 is 5.97 Å². The van der Waals surface area contributed by atoms with Crippen LogP contribution >= 0.6 is 0 Å². The number of carboxylic acid groups (broad SMARTS) is 1. The highest BCUT2D eigenvalue weighted by atomic mass is 16.5. The van der Waals surface area contributed by atoms with Gasteiger partial charge in [-0.25, -0.2) is 4.79 Å². The molecule has 3 heteroatoms. The molecule has 94 valence electrons. The molecule has 0 aliphatic heterocycles. The van der Waals surface area contributed by atoms with Crippen molar-refractivity contribution in [1.29, 1.82) is 0 Å². The van der Waals surface area contributed by atoms with E-state index in [2.05, 4.69) is 6.92 Å². The predicted molar refractivity (Wildman–Crippen MR) is 67.2 cm³/mol. The van der Waals surface area contributed by atoms with E-state index < -0.39 is 12.1 Å². The summed E-state index contributed by atoms with van der Waals surface area (Å²) in [6, 6.07) is 7.88. The normalized spacial score (nSPS) is 12.4. The maximum Gasteiger partial charge on any atom is 0.333 e. The monoisotopic (exact) mass is 236 g/mol. The fraction of sp³-hybridized carbons (Fsp3) is 0.500. The Kier molecular flexibility index (Phi) is 5.70. The molecule has 1 N–H and O–H groups in total. The summed E-state index contributed by atoms with van der Waals surface area (Å²) in [4.78, 5) is 11.0. The molecule has 0 saturated heterocycles. The lowest BCUT2D eigenvalue weighted by molar-refractivity contribution is -0.150. The van der Waals surface area contributed by atoms with E-state index >= 15 is 0 Å². The zero-order chi connectivity index (χ0) is 12.7. The van der Waals surface area contributed by atoms with Gasteiger partial charge in [-0.05, 0) is 18.9 Å². The Bertz CT molecular complexity index is 343. The zero-order valence-electron chi connectivity index (χ0n) is 10.5. The Balaban J connectivity index is 2.54. The molecule has 0 spiro atoms. The second kappa shape index (κ2) is 7.07. The van der Waals surface area contributed by atoms with Crippen LogP contribution in [-0.4, -0.2) is 23.8 Å². The van der Waals surface area contributed by atoms with Crippen LogP contribution in [0, 0.1) is 6.92 Å². The highest BCUT2D eigenvalue weighted by Crippen LogP contribution is 2.09. The van der Waals surface area contributed by atoms with E-state index in [9.17, 15) is 4.79 Å². The number of hydrogen-bond donors (Lipinski definition) is 1. The molecular weight excluding hydrogens is 216 g/mol. The van der Waals surface area contributed by atoms with Crippen molar-refractivity contribution < 1.29 is 14.6 Å². The first-order chi connectivity index (χ1) is 8.13. The molecule has 0 aliphatic carbocycles. The van der Waals surface area contributed by atoms with E-state index in [-0.39, 0.29) is 0 Å². The molecule has 1 rings (SSSR count). The van der Waals surface area contributed by atoms with E-state index in [0.717, 1.165) is 18.4 Å². The first-order valence-corrected chi connectivity index (χ1v) is 6.03. The quantitative estimate of drug-likeness (QED) is 0.740. The van der Waals surface area contributed by atoms with Crippen LogP contribution in [0.5, 0.6) is 0 Å². The van der Waals surface area contributed by atoms with Crippen LogP contribution in [0.15, 0.2) is 24.3 Å². The number of unbranched alkanes of at least 4 members (excludes halogenated alkanes) is 1. The molecule has 3 nitrogen and oxygen atoms in total.